The molecule has 1 saturated heterocycles. The predicted molar refractivity (Wildman–Crippen MR) is 122 cm³/mol. The number of nitrogens with zero attached hydrogens (tertiary/aromatic N) is 3. The highest BCUT2D eigenvalue weighted by Gasteiger charge is 2.60. The molecule has 184 valence electrons. The number of aromatic amines is 1. The van der Waals surface area contributed by atoms with Gasteiger partial charge in [0, 0.05) is 43.0 Å². The molecule has 1 aromatic carbocycles. The maximum absolute atomic E-state index is 14.2. The van der Waals surface area contributed by atoms with E-state index in [-0.39, 0.29) is 16.5 Å². The SMILES string of the molecule is Cc1cnc(F)c(-c2cn(CCCN3C[C@@H]4C[C@]4(c4ccc(C(F)(F)F)cc4)C3)c(=O)[nH]c2=O)c1. The fraction of sp³-hybridized carbons (Fsp3) is 0.400. The second-order valence-electron chi connectivity index (χ2n) is 9.57. The maximum atomic E-state index is 14.2. The second kappa shape index (κ2) is 8.44. The third kappa shape index (κ3) is 4.42. The largest absolute Gasteiger partial charge is 0.416 e. The van der Waals surface area contributed by atoms with Gasteiger partial charge in [-0.3, -0.25) is 14.3 Å². The molecule has 6 nitrogen and oxygen atoms in total. The first-order chi connectivity index (χ1) is 16.6. The summed E-state index contributed by atoms with van der Waals surface area (Å²) in [6, 6.07) is 6.99. The molecule has 1 saturated carbocycles. The van der Waals surface area contributed by atoms with Crippen LogP contribution in [-0.4, -0.2) is 39.1 Å². The maximum Gasteiger partial charge on any atom is 0.416 e. The average molecular weight is 488 g/mol. The van der Waals surface area contributed by atoms with Gasteiger partial charge in [-0.2, -0.15) is 17.6 Å². The van der Waals surface area contributed by atoms with Crippen LogP contribution in [0.2, 0.25) is 0 Å². The lowest BCUT2D eigenvalue weighted by molar-refractivity contribution is -0.137. The number of nitrogens with one attached hydrogen (secondary N) is 1. The monoisotopic (exact) mass is 488 g/mol. The Morgan fingerprint density at radius 2 is 1.89 bits per heavy atom. The Bertz CT molecular complexity index is 1380. The van der Waals surface area contributed by atoms with E-state index in [1.54, 1.807) is 19.1 Å². The molecule has 1 N–H and O–H groups in total. The molecule has 0 spiro atoms. The summed E-state index contributed by atoms with van der Waals surface area (Å²) in [6.45, 7) is 4.37. The molecular weight excluding hydrogens is 464 g/mol. The molecule has 1 aliphatic heterocycles. The molecule has 2 aliphatic rings. The summed E-state index contributed by atoms with van der Waals surface area (Å²) in [5, 5.41) is 0. The van der Waals surface area contributed by atoms with Crippen molar-refractivity contribution in [3.05, 3.63) is 86.2 Å². The van der Waals surface area contributed by atoms with E-state index in [4.69, 9.17) is 0 Å². The standard InChI is InChI=1S/C25H24F4N4O2/c1-15-9-19(21(26)30-11-15)20-13-33(23(35)31-22(20)34)8-2-7-32-12-18-10-24(18,14-32)16-3-5-17(6-4-16)25(27,28)29/h3-6,9,11,13,18H,2,7-8,10,12,14H2,1H3,(H,31,34,35)/t18-,24+/m0/s1. The summed E-state index contributed by atoms with van der Waals surface area (Å²) in [5.41, 5.74) is -0.263. The third-order valence-corrected chi connectivity index (χ3v) is 7.15. The molecule has 0 unspecified atom stereocenters. The molecule has 5 rings (SSSR count). The summed E-state index contributed by atoms with van der Waals surface area (Å²) >= 11 is 0. The van der Waals surface area contributed by atoms with Crippen LogP contribution in [-0.2, 0) is 18.1 Å². The Kier molecular flexibility index (Phi) is 5.66. The van der Waals surface area contributed by atoms with Crippen LogP contribution in [0.5, 0.6) is 0 Å². The molecule has 3 heterocycles. The molecule has 0 bridgehead atoms. The van der Waals surface area contributed by atoms with Crippen molar-refractivity contribution in [2.75, 3.05) is 19.6 Å². The first-order valence-electron chi connectivity index (χ1n) is 11.4. The molecule has 35 heavy (non-hydrogen) atoms. The Labute approximate surface area is 198 Å². The van der Waals surface area contributed by atoms with E-state index in [9.17, 15) is 27.2 Å². The van der Waals surface area contributed by atoms with E-state index in [0.717, 1.165) is 37.2 Å². The highest BCUT2D eigenvalue weighted by atomic mass is 19.4. The van der Waals surface area contributed by atoms with Crippen molar-refractivity contribution >= 4 is 0 Å². The minimum Gasteiger partial charge on any atom is -0.302 e. The van der Waals surface area contributed by atoms with Gasteiger partial charge in [-0.25, -0.2) is 9.78 Å². The Balaban J connectivity index is 1.24. The first-order valence-corrected chi connectivity index (χ1v) is 11.4. The molecule has 3 aromatic rings. The van der Waals surface area contributed by atoms with Crippen molar-refractivity contribution in [1.82, 2.24) is 19.4 Å². The number of halogens is 4. The lowest BCUT2D eigenvalue weighted by Gasteiger charge is -2.21. The van der Waals surface area contributed by atoms with E-state index in [1.165, 1.54) is 23.0 Å². The molecule has 1 aliphatic carbocycles. The molecular formula is C25H24F4N4O2. The number of aryl methyl sites for hydroxylation is 2. The van der Waals surface area contributed by atoms with Crippen molar-refractivity contribution in [1.29, 1.82) is 0 Å². The van der Waals surface area contributed by atoms with Gasteiger partial charge in [-0.15, -0.1) is 0 Å². The van der Waals surface area contributed by atoms with E-state index >= 15 is 0 Å². The highest BCUT2D eigenvalue weighted by Crippen LogP contribution is 2.59. The van der Waals surface area contributed by atoms with E-state index in [2.05, 4.69) is 14.9 Å². The lowest BCUT2D eigenvalue weighted by Crippen LogP contribution is -2.32. The topological polar surface area (TPSA) is 71.0 Å². The van der Waals surface area contributed by atoms with Crippen LogP contribution in [0.15, 0.2) is 52.3 Å². The van der Waals surface area contributed by atoms with Crippen molar-refractivity contribution in [2.45, 2.75) is 37.9 Å². The van der Waals surface area contributed by atoms with Gasteiger partial charge in [-0.1, -0.05) is 12.1 Å². The number of rotatable bonds is 6. The molecule has 0 radical (unpaired) electrons. The summed E-state index contributed by atoms with van der Waals surface area (Å²) < 4.78 is 54.2. The van der Waals surface area contributed by atoms with Crippen molar-refractivity contribution < 1.29 is 17.6 Å². The normalized spacial score (nSPS) is 21.8. The van der Waals surface area contributed by atoms with Crippen molar-refractivity contribution in [3.8, 4) is 11.1 Å². The molecule has 2 atom stereocenters. The molecule has 0 amide bonds. The van der Waals surface area contributed by atoms with Gasteiger partial charge in [0.2, 0.25) is 5.95 Å². The smallest absolute Gasteiger partial charge is 0.302 e. The van der Waals surface area contributed by atoms with E-state index < -0.39 is 28.9 Å². The Hall–Kier alpha value is -3.27. The second-order valence-corrected chi connectivity index (χ2v) is 9.57. The molecule has 2 fully saturated rings. The van der Waals surface area contributed by atoms with Crippen LogP contribution in [0.25, 0.3) is 11.1 Å². The van der Waals surface area contributed by atoms with Crippen LogP contribution in [0, 0.1) is 18.8 Å². The van der Waals surface area contributed by atoms with Gasteiger partial charge in [0.05, 0.1) is 11.1 Å². The van der Waals surface area contributed by atoms with Crippen LogP contribution in [0.3, 0.4) is 0 Å². The number of hydrogen-bond acceptors (Lipinski definition) is 4. The Morgan fingerprint density at radius 3 is 2.60 bits per heavy atom. The summed E-state index contributed by atoms with van der Waals surface area (Å²) in [5.74, 6) is -0.366. The fourth-order valence-electron chi connectivity index (χ4n) is 5.27. The predicted octanol–water partition coefficient (Wildman–Crippen LogP) is 3.73. The van der Waals surface area contributed by atoms with Gasteiger partial charge < -0.3 is 4.90 Å². The van der Waals surface area contributed by atoms with Gasteiger partial charge in [0.15, 0.2) is 0 Å². The van der Waals surface area contributed by atoms with Gasteiger partial charge in [-0.05, 0) is 61.6 Å². The zero-order chi connectivity index (χ0) is 25.0. The lowest BCUT2D eigenvalue weighted by atomic mass is 9.94. The minimum absolute atomic E-state index is 0.0399. The average Bonchev–Trinajstić information content (AvgIpc) is 3.38. The number of hydrogen-bond donors (Lipinski definition) is 1. The summed E-state index contributed by atoms with van der Waals surface area (Å²) in [4.78, 5) is 32.8. The number of likely N-dealkylation sites (tertiary alicyclic amines) is 1. The van der Waals surface area contributed by atoms with Gasteiger partial charge in [0.1, 0.15) is 0 Å². The molecule has 2 aromatic heterocycles. The fourth-order valence-corrected chi connectivity index (χ4v) is 5.27. The Morgan fingerprint density at radius 1 is 1.14 bits per heavy atom. The number of pyridine rings is 1. The highest BCUT2D eigenvalue weighted by molar-refractivity contribution is 5.61. The first kappa shape index (κ1) is 23.5. The summed E-state index contributed by atoms with van der Waals surface area (Å²) in [7, 11) is 0. The van der Waals surface area contributed by atoms with Crippen molar-refractivity contribution in [3.63, 3.8) is 0 Å². The number of benzene rings is 1. The minimum atomic E-state index is -4.35. The number of aromatic nitrogens is 3. The van der Waals surface area contributed by atoms with Crippen LogP contribution in [0.1, 0.15) is 29.5 Å². The van der Waals surface area contributed by atoms with Crippen LogP contribution < -0.4 is 11.2 Å². The zero-order valence-electron chi connectivity index (χ0n) is 19.0. The number of alkyl halides is 3. The summed E-state index contributed by atoms with van der Waals surface area (Å²) in [6.07, 6.45) is -0.0292. The van der Waals surface area contributed by atoms with Crippen LogP contribution in [0.4, 0.5) is 17.6 Å². The zero-order valence-corrected chi connectivity index (χ0v) is 19.0. The van der Waals surface area contributed by atoms with E-state index in [1.807, 2.05) is 0 Å². The van der Waals surface area contributed by atoms with Gasteiger partial charge >= 0.3 is 11.9 Å². The number of H-pyrrole nitrogens is 1. The van der Waals surface area contributed by atoms with Gasteiger partial charge in [0.25, 0.3) is 5.56 Å². The van der Waals surface area contributed by atoms with E-state index in [0.29, 0.717) is 31.0 Å². The number of piperidine rings is 1. The van der Waals surface area contributed by atoms with Crippen molar-refractivity contribution in [2.24, 2.45) is 5.92 Å². The quantitative estimate of drug-likeness (QED) is 0.424. The molecule has 10 heteroatoms. The van der Waals surface area contributed by atoms with Crippen LogP contribution >= 0.6 is 0 Å². The third-order valence-electron chi connectivity index (χ3n) is 7.15. The number of fused-ring (bicyclic) bond motifs is 1.